The Morgan fingerprint density at radius 2 is 1.75 bits per heavy atom. The van der Waals surface area contributed by atoms with Gasteiger partial charge in [0.15, 0.2) is 33.9 Å². The van der Waals surface area contributed by atoms with Crippen LogP contribution in [0.5, 0.6) is 23.0 Å². The number of aromatic nitrogens is 1. The van der Waals surface area contributed by atoms with Gasteiger partial charge in [0, 0.05) is 12.5 Å². The standard InChI is InChI=1S/C29H28N2O8S/c1-5-36-19-9-7-17(13-21(19)37-6-2)24-23(25(33)18-8-10-20-22(14-18)39-12-11-38-20)26(34)28(35)31(24)29-30-15(3)27(40-29)16(4)32/h7-10,13-14,24,33H,5-6,11-12H2,1-4H3/b25-23+/t24-/m0/s1. The number of carbonyl (C=O) groups is 3. The van der Waals surface area contributed by atoms with Crippen LogP contribution in [-0.4, -0.2) is 54.0 Å². The fourth-order valence-corrected chi connectivity index (χ4v) is 5.73. The highest BCUT2D eigenvalue weighted by molar-refractivity contribution is 7.18. The lowest BCUT2D eigenvalue weighted by molar-refractivity contribution is -0.132. The van der Waals surface area contributed by atoms with Crippen LogP contribution >= 0.6 is 11.3 Å². The minimum Gasteiger partial charge on any atom is -0.507 e. The first-order chi connectivity index (χ1) is 19.2. The zero-order chi connectivity index (χ0) is 28.6. The minimum atomic E-state index is -1.06. The van der Waals surface area contributed by atoms with Gasteiger partial charge >= 0.3 is 5.91 Å². The summed E-state index contributed by atoms with van der Waals surface area (Å²) in [5.41, 5.74) is 1.08. The summed E-state index contributed by atoms with van der Waals surface area (Å²) in [5, 5.41) is 11.7. The van der Waals surface area contributed by atoms with Gasteiger partial charge in [-0.2, -0.15) is 0 Å². The lowest BCUT2D eigenvalue weighted by Gasteiger charge is -2.24. The van der Waals surface area contributed by atoms with Gasteiger partial charge in [-0.15, -0.1) is 0 Å². The molecule has 5 rings (SSSR count). The second-order valence-electron chi connectivity index (χ2n) is 9.07. The first kappa shape index (κ1) is 27.2. The number of Topliss-reactive ketones (excluding diaryl/α,β-unsaturated/α-hetero) is 2. The summed E-state index contributed by atoms with van der Waals surface area (Å²) in [6.45, 7) is 8.28. The van der Waals surface area contributed by atoms with Crippen molar-refractivity contribution in [1.82, 2.24) is 4.98 Å². The number of nitrogens with zero attached hydrogens (tertiary/aromatic N) is 2. The third-order valence-corrected chi connectivity index (χ3v) is 7.71. The fourth-order valence-electron chi connectivity index (χ4n) is 4.74. The number of hydrogen-bond acceptors (Lipinski definition) is 10. The van der Waals surface area contributed by atoms with Crippen molar-refractivity contribution in [2.45, 2.75) is 33.7 Å². The maximum absolute atomic E-state index is 13.6. The number of benzene rings is 2. The van der Waals surface area contributed by atoms with E-state index in [0.29, 0.717) is 65.6 Å². The molecule has 3 heterocycles. The quantitative estimate of drug-likeness (QED) is 0.177. The number of carbonyl (C=O) groups excluding carboxylic acids is 3. The van der Waals surface area contributed by atoms with Crippen molar-refractivity contribution in [1.29, 1.82) is 0 Å². The second-order valence-corrected chi connectivity index (χ2v) is 10.0. The highest BCUT2D eigenvalue weighted by Gasteiger charge is 2.48. The van der Waals surface area contributed by atoms with E-state index in [0.717, 1.165) is 11.3 Å². The Morgan fingerprint density at radius 3 is 2.42 bits per heavy atom. The number of ether oxygens (including phenoxy) is 4. The number of hydrogen-bond donors (Lipinski definition) is 1. The van der Waals surface area contributed by atoms with E-state index in [2.05, 4.69) is 4.98 Å². The van der Waals surface area contributed by atoms with Crippen molar-refractivity contribution >= 4 is 39.7 Å². The predicted octanol–water partition coefficient (Wildman–Crippen LogP) is 4.85. The van der Waals surface area contributed by atoms with Crippen molar-refractivity contribution in [2.75, 3.05) is 31.3 Å². The summed E-state index contributed by atoms with van der Waals surface area (Å²) in [4.78, 5) is 45.4. The van der Waals surface area contributed by atoms with Gasteiger partial charge in [0.25, 0.3) is 5.78 Å². The molecule has 0 radical (unpaired) electrons. The van der Waals surface area contributed by atoms with Gasteiger partial charge < -0.3 is 24.1 Å². The lowest BCUT2D eigenvalue weighted by Crippen LogP contribution is -2.29. The average Bonchev–Trinajstić information content (AvgIpc) is 3.45. The molecule has 11 heteroatoms. The topological polar surface area (TPSA) is 124 Å². The first-order valence-corrected chi connectivity index (χ1v) is 13.7. The number of thiazole rings is 1. The number of aliphatic hydroxyl groups excluding tert-OH is 1. The highest BCUT2D eigenvalue weighted by atomic mass is 32.1. The van der Waals surface area contributed by atoms with Gasteiger partial charge in [-0.05, 0) is 56.7 Å². The van der Waals surface area contributed by atoms with Gasteiger partial charge in [-0.1, -0.05) is 17.4 Å². The van der Waals surface area contributed by atoms with Gasteiger partial charge in [0.1, 0.15) is 19.0 Å². The molecular weight excluding hydrogens is 536 g/mol. The van der Waals surface area contributed by atoms with Crippen LogP contribution in [0, 0.1) is 6.92 Å². The summed E-state index contributed by atoms with van der Waals surface area (Å²) in [5.74, 6) is -0.487. The molecule has 10 nitrogen and oxygen atoms in total. The van der Waals surface area contributed by atoms with E-state index < -0.39 is 17.7 Å². The second kappa shape index (κ2) is 11.0. The van der Waals surface area contributed by atoms with Crippen LogP contribution in [0.25, 0.3) is 5.76 Å². The Morgan fingerprint density at radius 1 is 1.05 bits per heavy atom. The van der Waals surface area contributed by atoms with E-state index in [1.54, 1.807) is 43.3 Å². The van der Waals surface area contributed by atoms with E-state index in [-0.39, 0.29) is 27.8 Å². The Kier molecular flexibility index (Phi) is 7.49. The number of aryl methyl sites for hydroxylation is 1. The monoisotopic (exact) mass is 564 g/mol. The maximum Gasteiger partial charge on any atom is 0.301 e. The molecule has 0 aliphatic carbocycles. The molecule has 2 aliphatic rings. The number of amides is 1. The Balaban J connectivity index is 1.71. The molecule has 1 aromatic heterocycles. The van der Waals surface area contributed by atoms with E-state index >= 15 is 0 Å². The maximum atomic E-state index is 13.6. The molecule has 2 aliphatic heterocycles. The third-order valence-electron chi connectivity index (χ3n) is 6.45. The van der Waals surface area contributed by atoms with E-state index in [4.69, 9.17) is 18.9 Å². The van der Waals surface area contributed by atoms with E-state index in [1.165, 1.54) is 11.8 Å². The average molecular weight is 565 g/mol. The van der Waals surface area contributed by atoms with Crippen LogP contribution in [-0.2, 0) is 9.59 Å². The van der Waals surface area contributed by atoms with Gasteiger partial charge in [-0.25, -0.2) is 4.98 Å². The molecule has 0 spiro atoms. The Bertz CT molecular complexity index is 1540. The molecule has 40 heavy (non-hydrogen) atoms. The number of rotatable bonds is 8. The van der Waals surface area contributed by atoms with Gasteiger partial charge in [0.2, 0.25) is 0 Å². The molecule has 208 valence electrons. The lowest BCUT2D eigenvalue weighted by atomic mass is 9.95. The number of anilines is 1. The zero-order valence-corrected chi connectivity index (χ0v) is 23.3. The van der Waals surface area contributed by atoms with Crippen LogP contribution < -0.4 is 23.8 Å². The number of ketones is 2. The van der Waals surface area contributed by atoms with Gasteiger partial charge in [0.05, 0.1) is 35.4 Å². The summed E-state index contributed by atoms with van der Waals surface area (Å²) in [6.07, 6.45) is 0. The number of fused-ring (bicyclic) bond motifs is 1. The molecule has 0 unspecified atom stereocenters. The van der Waals surface area contributed by atoms with Crippen molar-refractivity contribution in [3.8, 4) is 23.0 Å². The third kappa shape index (κ3) is 4.77. The molecule has 2 aromatic carbocycles. The van der Waals surface area contributed by atoms with Crippen molar-refractivity contribution < 1.29 is 38.4 Å². The molecule has 1 saturated heterocycles. The Labute approximate surface area is 234 Å². The summed E-state index contributed by atoms with van der Waals surface area (Å²) in [7, 11) is 0. The molecule has 0 bridgehead atoms. The van der Waals surface area contributed by atoms with Gasteiger partial charge in [-0.3, -0.25) is 19.3 Å². The Hall–Kier alpha value is -4.38. The number of aliphatic hydroxyl groups is 1. The zero-order valence-electron chi connectivity index (χ0n) is 22.5. The van der Waals surface area contributed by atoms with E-state index in [1.807, 2.05) is 13.8 Å². The summed E-state index contributed by atoms with van der Waals surface area (Å²) >= 11 is 1.02. The molecule has 1 N–H and O–H groups in total. The van der Waals surface area contributed by atoms with Crippen LogP contribution in [0.3, 0.4) is 0 Å². The summed E-state index contributed by atoms with van der Waals surface area (Å²) < 4.78 is 22.7. The van der Waals surface area contributed by atoms with Crippen LogP contribution in [0.4, 0.5) is 5.13 Å². The van der Waals surface area contributed by atoms with Crippen molar-refractivity contribution in [3.63, 3.8) is 0 Å². The molecule has 3 aromatic rings. The van der Waals surface area contributed by atoms with Crippen LogP contribution in [0.1, 0.15) is 53.3 Å². The normalized spacial score (nSPS) is 17.7. The van der Waals surface area contributed by atoms with E-state index in [9.17, 15) is 19.5 Å². The molecular formula is C29H28N2O8S. The molecule has 1 fully saturated rings. The summed E-state index contributed by atoms with van der Waals surface area (Å²) in [6, 6.07) is 8.83. The predicted molar refractivity (Wildman–Crippen MR) is 148 cm³/mol. The first-order valence-electron chi connectivity index (χ1n) is 12.8. The SMILES string of the molecule is CCOc1ccc([C@H]2/C(=C(\O)c3ccc4c(c3)OCCO4)C(=O)C(=O)N2c2nc(C)c(C(C)=O)s2)cc1OCC. The molecule has 1 amide bonds. The molecule has 0 saturated carbocycles. The van der Waals surface area contributed by atoms with Crippen molar-refractivity contribution in [2.24, 2.45) is 0 Å². The highest BCUT2D eigenvalue weighted by Crippen LogP contribution is 2.46. The smallest absolute Gasteiger partial charge is 0.301 e. The largest absolute Gasteiger partial charge is 0.507 e. The molecule has 1 atom stereocenters. The van der Waals surface area contributed by atoms with Crippen LogP contribution in [0.2, 0.25) is 0 Å². The van der Waals surface area contributed by atoms with Crippen LogP contribution in [0.15, 0.2) is 42.0 Å². The van der Waals surface area contributed by atoms with Crippen molar-refractivity contribution in [3.05, 3.63) is 63.7 Å². The minimum absolute atomic E-state index is 0.134. The fraction of sp³-hybridized carbons (Fsp3) is 0.310.